The minimum absolute atomic E-state index is 0.483. The lowest BCUT2D eigenvalue weighted by Crippen LogP contribution is -2.22. The molecular formula is C11H19N3S. The van der Waals surface area contributed by atoms with Gasteiger partial charge in [-0.3, -0.25) is 4.98 Å². The lowest BCUT2D eigenvalue weighted by molar-refractivity contribution is 0.767. The van der Waals surface area contributed by atoms with Crippen LogP contribution in [0.25, 0.3) is 0 Å². The third kappa shape index (κ3) is 3.70. The van der Waals surface area contributed by atoms with Crippen LogP contribution in [-0.4, -0.2) is 28.0 Å². The zero-order chi connectivity index (χ0) is 11.3. The number of hydrogen-bond donors (Lipinski definition) is 1. The van der Waals surface area contributed by atoms with E-state index in [4.69, 9.17) is 0 Å². The van der Waals surface area contributed by atoms with Gasteiger partial charge in [0.25, 0.3) is 0 Å². The number of rotatable bonds is 5. The Kier molecular flexibility index (Phi) is 4.88. The second kappa shape index (κ2) is 5.95. The highest BCUT2D eigenvalue weighted by molar-refractivity contribution is 7.98. The van der Waals surface area contributed by atoms with Gasteiger partial charge in [0, 0.05) is 11.8 Å². The van der Waals surface area contributed by atoms with Crippen LogP contribution < -0.4 is 5.32 Å². The summed E-state index contributed by atoms with van der Waals surface area (Å²) in [4.78, 5) is 8.75. The molecule has 0 saturated carbocycles. The zero-order valence-electron chi connectivity index (χ0n) is 9.87. The Morgan fingerprint density at radius 3 is 2.67 bits per heavy atom. The molecule has 0 saturated heterocycles. The Morgan fingerprint density at radius 2 is 2.13 bits per heavy atom. The van der Waals surface area contributed by atoms with Crippen molar-refractivity contribution in [2.45, 2.75) is 33.2 Å². The van der Waals surface area contributed by atoms with Crippen molar-refractivity contribution in [1.82, 2.24) is 9.97 Å². The molecule has 4 heteroatoms. The van der Waals surface area contributed by atoms with Gasteiger partial charge in [0.05, 0.1) is 17.6 Å². The van der Waals surface area contributed by atoms with Crippen LogP contribution in [0.2, 0.25) is 0 Å². The van der Waals surface area contributed by atoms with Crippen LogP contribution in [0.4, 0.5) is 5.82 Å². The third-order valence-corrected chi connectivity index (χ3v) is 3.14. The van der Waals surface area contributed by atoms with Gasteiger partial charge in [-0.2, -0.15) is 11.8 Å². The molecule has 84 valence electrons. The monoisotopic (exact) mass is 225 g/mol. The molecule has 1 unspecified atom stereocenters. The largest absolute Gasteiger partial charge is 0.365 e. The van der Waals surface area contributed by atoms with Gasteiger partial charge in [-0.25, -0.2) is 4.98 Å². The van der Waals surface area contributed by atoms with Crippen molar-refractivity contribution < 1.29 is 0 Å². The predicted molar refractivity (Wildman–Crippen MR) is 67.6 cm³/mol. The van der Waals surface area contributed by atoms with E-state index >= 15 is 0 Å². The molecule has 0 amide bonds. The highest BCUT2D eigenvalue weighted by Crippen LogP contribution is 2.10. The minimum atomic E-state index is 0.483. The second-order valence-corrected chi connectivity index (χ2v) is 4.54. The zero-order valence-corrected chi connectivity index (χ0v) is 10.7. The molecule has 0 bridgehead atoms. The number of aromatic nitrogens is 2. The molecule has 1 aromatic rings. The molecule has 0 radical (unpaired) electrons. The Labute approximate surface area is 96.1 Å². The quantitative estimate of drug-likeness (QED) is 0.836. The summed E-state index contributed by atoms with van der Waals surface area (Å²) < 4.78 is 0. The van der Waals surface area contributed by atoms with Gasteiger partial charge >= 0.3 is 0 Å². The van der Waals surface area contributed by atoms with Crippen molar-refractivity contribution >= 4 is 17.6 Å². The Morgan fingerprint density at radius 1 is 1.40 bits per heavy atom. The number of anilines is 1. The first-order valence-electron chi connectivity index (χ1n) is 5.23. The number of aryl methyl sites for hydroxylation is 2. The summed E-state index contributed by atoms with van der Waals surface area (Å²) in [6.07, 6.45) is 5.04. The van der Waals surface area contributed by atoms with Crippen molar-refractivity contribution in [2.24, 2.45) is 0 Å². The van der Waals surface area contributed by atoms with Crippen LogP contribution in [-0.2, 0) is 0 Å². The predicted octanol–water partition coefficient (Wildman–Crippen LogP) is 2.65. The fourth-order valence-corrected chi connectivity index (χ4v) is 2.00. The highest BCUT2D eigenvalue weighted by Gasteiger charge is 2.06. The molecule has 0 spiro atoms. The third-order valence-electron chi connectivity index (χ3n) is 2.40. The van der Waals surface area contributed by atoms with Crippen LogP contribution in [0.1, 0.15) is 24.7 Å². The number of nitrogens with zero attached hydrogens (tertiary/aromatic N) is 2. The summed E-state index contributed by atoms with van der Waals surface area (Å²) in [5.41, 5.74) is 2.00. The molecule has 1 heterocycles. The van der Waals surface area contributed by atoms with Gasteiger partial charge < -0.3 is 5.32 Å². The van der Waals surface area contributed by atoms with E-state index < -0.39 is 0 Å². The summed E-state index contributed by atoms with van der Waals surface area (Å²) in [5, 5.41) is 3.40. The van der Waals surface area contributed by atoms with Crippen LogP contribution in [0, 0.1) is 13.8 Å². The van der Waals surface area contributed by atoms with Crippen LogP contribution in [0.5, 0.6) is 0 Å². The molecule has 3 nitrogen and oxygen atoms in total. The molecule has 0 aromatic carbocycles. The minimum Gasteiger partial charge on any atom is -0.365 e. The lowest BCUT2D eigenvalue weighted by Gasteiger charge is -2.16. The Bertz CT molecular complexity index is 315. The molecule has 0 aliphatic rings. The molecule has 1 N–H and O–H groups in total. The number of thioether (sulfide) groups is 1. The number of nitrogens with one attached hydrogen (secondary N) is 1. The van der Waals surface area contributed by atoms with Crippen LogP contribution in [0.3, 0.4) is 0 Å². The van der Waals surface area contributed by atoms with E-state index in [0.717, 1.165) is 29.4 Å². The first-order valence-corrected chi connectivity index (χ1v) is 6.62. The van der Waals surface area contributed by atoms with E-state index in [2.05, 4.69) is 28.5 Å². The SMILES string of the molecule is CCC(CSC)Nc1cnc(C)c(C)n1. The standard InChI is InChI=1S/C11H19N3S/c1-5-10(7-15-4)14-11-6-12-8(2)9(3)13-11/h6,10H,5,7H2,1-4H3,(H,13,14). The lowest BCUT2D eigenvalue weighted by atomic mass is 10.2. The molecule has 0 aliphatic heterocycles. The van der Waals surface area contributed by atoms with Crippen molar-refractivity contribution in [3.8, 4) is 0 Å². The first kappa shape index (κ1) is 12.3. The maximum absolute atomic E-state index is 4.46. The van der Waals surface area contributed by atoms with E-state index in [9.17, 15) is 0 Å². The summed E-state index contributed by atoms with van der Waals surface area (Å²) >= 11 is 1.85. The molecule has 1 rings (SSSR count). The van der Waals surface area contributed by atoms with E-state index in [1.54, 1.807) is 0 Å². The summed E-state index contributed by atoms with van der Waals surface area (Å²) in [6, 6.07) is 0.483. The molecule has 1 atom stereocenters. The van der Waals surface area contributed by atoms with Gasteiger partial charge in [-0.05, 0) is 26.5 Å². The van der Waals surface area contributed by atoms with Gasteiger partial charge in [-0.1, -0.05) is 6.92 Å². The number of hydrogen-bond acceptors (Lipinski definition) is 4. The van der Waals surface area contributed by atoms with E-state index in [-0.39, 0.29) is 0 Å². The Hall–Kier alpha value is -0.770. The summed E-state index contributed by atoms with van der Waals surface area (Å²) in [6.45, 7) is 6.15. The van der Waals surface area contributed by atoms with Crippen LogP contribution >= 0.6 is 11.8 Å². The van der Waals surface area contributed by atoms with Crippen LogP contribution in [0.15, 0.2) is 6.20 Å². The maximum atomic E-state index is 4.46. The fourth-order valence-electron chi connectivity index (χ4n) is 1.28. The Balaban J connectivity index is 2.66. The van der Waals surface area contributed by atoms with E-state index in [1.165, 1.54) is 0 Å². The smallest absolute Gasteiger partial charge is 0.145 e. The topological polar surface area (TPSA) is 37.8 Å². The molecular weight excluding hydrogens is 206 g/mol. The van der Waals surface area contributed by atoms with E-state index in [1.807, 2.05) is 31.8 Å². The molecule has 0 fully saturated rings. The summed E-state index contributed by atoms with van der Waals surface area (Å²) in [5.74, 6) is 1.99. The normalized spacial score (nSPS) is 12.5. The maximum Gasteiger partial charge on any atom is 0.145 e. The van der Waals surface area contributed by atoms with Crippen molar-refractivity contribution in [2.75, 3.05) is 17.3 Å². The second-order valence-electron chi connectivity index (χ2n) is 3.63. The molecule has 1 aromatic heterocycles. The van der Waals surface area contributed by atoms with Gasteiger partial charge in [0.15, 0.2) is 0 Å². The average molecular weight is 225 g/mol. The van der Waals surface area contributed by atoms with Gasteiger partial charge in [0.1, 0.15) is 5.82 Å². The average Bonchev–Trinajstić information content (AvgIpc) is 2.23. The first-order chi connectivity index (χ1) is 7.17. The van der Waals surface area contributed by atoms with Gasteiger partial charge in [0.2, 0.25) is 0 Å². The summed E-state index contributed by atoms with van der Waals surface area (Å²) in [7, 11) is 0. The fraction of sp³-hybridized carbons (Fsp3) is 0.636. The van der Waals surface area contributed by atoms with Gasteiger partial charge in [-0.15, -0.1) is 0 Å². The van der Waals surface area contributed by atoms with E-state index in [0.29, 0.717) is 6.04 Å². The van der Waals surface area contributed by atoms with Crippen molar-refractivity contribution in [3.63, 3.8) is 0 Å². The molecule has 0 aliphatic carbocycles. The van der Waals surface area contributed by atoms with Crippen molar-refractivity contribution in [1.29, 1.82) is 0 Å². The highest BCUT2D eigenvalue weighted by atomic mass is 32.2. The van der Waals surface area contributed by atoms with Crippen molar-refractivity contribution in [3.05, 3.63) is 17.6 Å². The molecule has 15 heavy (non-hydrogen) atoms.